The second kappa shape index (κ2) is 11.3. The first-order valence-corrected chi connectivity index (χ1v) is 10.9. The Morgan fingerprint density at radius 1 is 1.18 bits per heavy atom. The van der Waals surface area contributed by atoms with E-state index in [2.05, 4.69) is 27.4 Å². The summed E-state index contributed by atoms with van der Waals surface area (Å²) in [4.78, 5) is 33.5. The summed E-state index contributed by atoms with van der Waals surface area (Å²) >= 11 is 0. The third kappa shape index (κ3) is 6.09. The van der Waals surface area contributed by atoms with Gasteiger partial charge < -0.3 is 24.1 Å². The van der Waals surface area contributed by atoms with Crippen molar-refractivity contribution in [3.63, 3.8) is 0 Å². The molecule has 3 rings (SSSR count). The quantitative estimate of drug-likeness (QED) is 0.456. The second-order valence-electron chi connectivity index (χ2n) is 7.95. The molecule has 1 N–H and O–H groups in total. The molecule has 0 aliphatic carbocycles. The highest BCUT2D eigenvalue weighted by atomic mass is 16.7. The fraction of sp³-hybridized carbons (Fsp3) is 0.375. The third-order valence-electron chi connectivity index (χ3n) is 4.78. The van der Waals surface area contributed by atoms with E-state index in [1.165, 1.54) is 19.4 Å². The van der Waals surface area contributed by atoms with Crippen LogP contribution in [0.2, 0.25) is 0 Å². The lowest BCUT2D eigenvalue weighted by molar-refractivity contribution is 0.0852. The van der Waals surface area contributed by atoms with Gasteiger partial charge in [0, 0.05) is 17.8 Å². The largest absolute Gasteiger partial charge is 0.514 e. The molecule has 180 valence electrons. The van der Waals surface area contributed by atoms with Crippen molar-refractivity contribution in [3.05, 3.63) is 53.6 Å². The molecular weight excluding hydrogens is 440 g/mol. The van der Waals surface area contributed by atoms with E-state index in [-0.39, 0.29) is 35.5 Å². The van der Waals surface area contributed by atoms with Crippen molar-refractivity contribution >= 4 is 12.1 Å². The number of methoxy groups -OCH3 is 1. The summed E-state index contributed by atoms with van der Waals surface area (Å²) < 4.78 is 20.9. The molecule has 0 radical (unpaired) electrons. The van der Waals surface area contributed by atoms with E-state index < -0.39 is 18.1 Å². The lowest BCUT2D eigenvalue weighted by atomic mass is 10.1. The van der Waals surface area contributed by atoms with Crippen LogP contribution in [0.1, 0.15) is 55.6 Å². The van der Waals surface area contributed by atoms with E-state index in [0.29, 0.717) is 5.89 Å². The van der Waals surface area contributed by atoms with Crippen molar-refractivity contribution in [1.82, 2.24) is 20.4 Å². The fourth-order valence-corrected chi connectivity index (χ4v) is 2.98. The molecule has 10 heteroatoms. The van der Waals surface area contributed by atoms with Crippen molar-refractivity contribution in [2.75, 3.05) is 13.7 Å². The molecule has 0 aliphatic heterocycles. The first kappa shape index (κ1) is 24.7. The number of hydrogen-bond donors (Lipinski definition) is 1. The summed E-state index contributed by atoms with van der Waals surface area (Å²) in [7, 11) is 1.39. The molecule has 1 aromatic carbocycles. The minimum atomic E-state index is -0.959. The normalized spacial score (nSPS) is 11.7. The van der Waals surface area contributed by atoms with Gasteiger partial charge >= 0.3 is 6.16 Å². The highest BCUT2D eigenvalue weighted by molar-refractivity contribution is 5.96. The van der Waals surface area contributed by atoms with Crippen molar-refractivity contribution < 1.29 is 28.3 Å². The Kier molecular flexibility index (Phi) is 8.18. The van der Waals surface area contributed by atoms with Gasteiger partial charge in [-0.3, -0.25) is 4.79 Å². The molecule has 34 heavy (non-hydrogen) atoms. The zero-order valence-corrected chi connectivity index (χ0v) is 19.8. The number of nitrogens with one attached hydrogen (secondary N) is 1. The Labute approximate surface area is 197 Å². The number of pyridine rings is 1. The Hall–Kier alpha value is -3.95. The molecule has 0 saturated carbocycles. The van der Waals surface area contributed by atoms with E-state index >= 15 is 0 Å². The van der Waals surface area contributed by atoms with Gasteiger partial charge in [0.2, 0.25) is 5.75 Å². The van der Waals surface area contributed by atoms with Crippen molar-refractivity contribution in [1.29, 1.82) is 0 Å². The van der Waals surface area contributed by atoms with Crippen LogP contribution in [0.3, 0.4) is 0 Å². The Bertz CT molecular complexity index is 1140. The van der Waals surface area contributed by atoms with Crippen molar-refractivity contribution in [3.8, 4) is 23.0 Å². The molecule has 0 fully saturated rings. The molecule has 0 bridgehead atoms. The van der Waals surface area contributed by atoms with Crippen LogP contribution in [0, 0.1) is 5.92 Å². The third-order valence-corrected chi connectivity index (χ3v) is 4.78. The van der Waals surface area contributed by atoms with Crippen LogP contribution in [0.4, 0.5) is 4.79 Å². The zero-order chi connectivity index (χ0) is 24.7. The summed E-state index contributed by atoms with van der Waals surface area (Å²) in [6, 6.07) is 8.65. The highest BCUT2D eigenvalue weighted by Gasteiger charge is 2.25. The van der Waals surface area contributed by atoms with E-state index in [1.54, 1.807) is 6.92 Å². The number of benzene rings is 1. The lowest BCUT2D eigenvalue weighted by Crippen LogP contribution is -2.29. The van der Waals surface area contributed by atoms with Gasteiger partial charge in [-0.1, -0.05) is 38.1 Å². The predicted molar refractivity (Wildman–Crippen MR) is 123 cm³/mol. The lowest BCUT2D eigenvalue weighted by Gasteiger charge is -2.15. The number of carbonyl (C=O) groups is 2. The predicted octanol–water partition coefficient (Wildman–Crippen LogP) is 4.37. The summed E-state index contributed by atoms with van der Waals surface area (Å²) in [6.45, 7) is 7.71. The molecule has 3 aromatic rings. The average molecular weight is 469 g/mol. The van der Waals surface area contributed by atoms with Crippen LogP contribution in [-0.2, 0) is 11.2 Å². The zero-order valence-electron chi connectivity index (χ0n) is 19.8. The Balaban J connectivity index is 1.76. The number of nitrogens with zero attached hydrogens (tertiary/aromatic N) is 3. The number of ether oxygens (including phenoxy) is 3. The van der Waals surface area contributed by atoms with Gasteiger partial charge in [0.1, 0.15) is 0 Å². The molecule has 0 aliphatic rings. The number of amides is 1. The van der Waals surface area contributed by atoms with Gasteiger partial charge in [0.05, 0.1) is 19.8 Å². The first-order valence-electron chi connectivity index (χ1n) is 10.9. The van der Waals surface area contributed by atoms with Gasteiger partial charge in [-0.2, -0.15) is 4.98 Å². The number of aryl methyl sites for hydroxylation is 1. The molecule has 0 unspecified atom stereocenters. The fourth-order valence-electron chi connectivity index (χ4n) is 2.98. The van der Waals surface area contributed by atoms with E-state index in [0.717, 1.165) is 17.5 Å². The molecule has 2 aromatic heterocycles. The molecule has 1 amide bonds. The van der Waals surface area contributed by atoms with Crippen LogP contribution in [0.15, 0.2) is 41.1 Å². The first-order chi connectivity index (χ1) is 16.3. The van der Waals surface area contributed by atoms with E-state index in [4.69, 9.17) is 18.7 Å². The summed E-state index contributed by atoms with van der Waals surface area (Å²) in [6.07, 6.45) is 1.29. The summed E-state index contributed by atoms with van der Waals surface area (Å²) in [5.41, 5.74) is 1.79. The average Bonchev–Trinajstić information content (AvgIpc) is 3.33. The van der Waals surface area contributed by atoms with Gasteiger partial charge in [-0.05, 0) is 37.0 Å². The van der Waals surface area contributed by atoms with Gasteiger partial charge in [0.15, 0.2) is 17.3 Å². The minimum Gasteiger partial charge on any atom is -0.493 e. The maximum absolute atomic E-state index is 13.0. The van der Waals surface area contributed by atoms with Crippen LogP contribution in [0.25, 0.3) is 11.5 Å². The van der Waals surface area contributed by atoms with E-state index in [1.807, 2.05) is 38.1 Å². The van der Waals surface area contributed by atoms with Gasteiger partial charge in [0.25, 0.3) is 11.8 Å². The Morgan fingerprint density at radius 2 is 1.97 bits per heavy atom. The molecule has 0 spiro atoms. The van der Waals surface area contributed by atoms with Crippen molar-refractivity contribution in [2.45, 2.75) is 40.2 Å². The van der Waals surface area contributed by atoms with Crippen LogP contribution >= 0.6 is 0 Å². The molecule has 1 atom stereocenters. The van der Waals surface area contributed by atoms with Gasteiger partial charge in [-0.15, -0.1) is 0 Å². The van der Waals surface area contributed by atoms with Crippen LogP contribution in [-0.4, -0.2) is 40.9 Å². The van der Waals surface area contributed by atoms with Crippen molar-refractivity contribution in [2.24, 2.45) is 5.92 Å². The van der Waals surface area contributed by atoms with Gasteiger partial charge in [-0.25, -0.2) is 9.78 Å². The summed E-state index contributed by atoms with van der Waals surface area (Å²) in [5, 5.41) is 6.73. The molecule has 0 saturated heterocycles. The number of rotatable bonds is 9. The smallest absolute Gasteiger partial charge is 0.493 e. The molecule has 2 heterocycles. The highest BCUT2D eigenvalue weighted by Crippen LogP contribution is 2.30. The standard InChI is InChI=1S/C24H28N4O6/c1-6-16-8-7-9-17(12-16)23-27-21(28-34-23)15(4)26-22(29)19-20(18(31-5)10-11-25-19)33-24(30)32-13-14(2)3/h7-12,14-15H,6,13H2,1-5H3,(H,26,29)/t15-/m0/s1. The molecular formula is C24H28N4O6. The maximum Gasteiger partial charge on any atom is 0.514 e. The molecule has 10 nitrogen and oxygen atoms in total. The number of carbonyl (C=O) groups excluding carboxylic acids is 2. The topological polar surface area (TPSA) is 126 Å². The maximum atomic E-state index is 13.0. The monoisotopic (exact) mass is 468 g/mol. The number of aromatic nitrogens is 3. The minimum absolute atomic E-state index is 0.122. The van der Waals surface area contributed by atoms with E-state index in [9.17, 15) is 9.59 Å². The van der Waals surface area contributed by atoms with Crippen LogP contribution < -0.4 is 14.8 Å². The Morgan fingerprint density at radius 3 is 2.68 bits per heavy atom. The summed E-state index contributed by atoms with van der Waals surface area (Å²) in [5.74, 6) is 0.157. The number of hydrogen-bond acceptors (Lipinski definition) is 9. The van der Waals surface area contributed by atoms with Crippen LogP contribution in [0.5, 0.6) is 11.5 Å². The SMILES string of the molecule is CCc1cccc(-c2nc([C@H](C)NC(=O)c3nccc(OC)c3OC(=O)OCC(C)C)no2)c1. The second-order valence-corrected chi connectivity index (χ2v) is 7.95.